The van der Waals surface area contributed by atoms with E-state index in [9.17, 15) is 18.3 Å². The van der Waals surface area contributed by atoms with Crippen molar-refractivity contribution in [2.24, 2.45) is 40.4 Å². The van der Waals surface area contributed by atoms with Crippen molar-refractivity contribution in [1.29, 1.82) is 0 Å². The molecule has 8 heteroatoms. The topological polar surface area (TPSA) is 87.2 Å². The standard InChI is InChI=1S/C28H48N2O5S/c1-26(32)11-12-28(19-35-3)20(17-26)5-6-21-22-7-8-24(27(22,2)10-9-23(21)28)25(31)18-29-13-15-30(16-14-29)36(4,33)34/h20-24,32H,5-19H2,1-4H3/t20-,21-,22-,23-,24+,26+,27-,28+/m0/s1. The van der Waals surface area contributed by atoms with Gasteiger partial charge in [-0.15, -0.1) is 0 Å². The molecule has 4 saturated carbocycles. The van der Waals surface area contributed by atoms with E-state index in [0.717, 1.165) is 45.1 Å². The fourth-order valence-electron chi connectivity index (χ4n) is 9.86. The number of carbonyl (C=O) groups is 1. The zero-order valence-electron chi connectivity index (χ0n) is 22.9. The Morgan fingerprint density at radius 1 is 0.972 bits per heavy atom. The predicted molar refractivity (Wildman–Crippen MR) is 140 cm³/mol. The van der Waals surface area contributed by atoms with E-state index in [1.54, 1.807) is 0 Å². The van der Waals surface area contributed by atoms with Gasteiger partial charge in [0.15, 0.2) is 0 Å². The molecule has 0 aromatic heterocycles. The highest BCUT2D eigenvalue weighted by atomic mass is 32.2. The number of carbonyl (C=O) groups excluding carboxylic acids is 1. The summed E-state index contributed by atoms with van der Waals surface area (Å²) in [5.41, 5.74) is -0.285. The maximum Gasteiger partial charge on any atom is 0.211 e. The van der Waals surface area contributed by atoms with E-state index in [2.05, 4.69) is 11.8 Å². The Kier molecular flexibility index (Phi) is 7.20. The van der Waals surface area contributed by atoms with Crippen molar-refractivity contribution in [2.75, 3.05) is 52.7 Å². The van der Waals surface area contributed by atoms with Crippen LogP contribution in [-0.4, -0.2) is 86.8 Å². The van der Waals surface area contributed by atoms with Crippen molar-refractivity contribution >= 4 is 15.8 Å². The molecule has 1 aliphatic heterocycles. The number of methoxy groups -OCH3 is 1. The minimum Gasteiger partial charge on any atom is -0.390 e. The molecular formula is C28H48N2O5S. The van der Waals surface area contributed by atoms with Gasteiger partial charge in [0.1, 0.15) is 5.78 Å². The van der Waals surface area contributed by atoms with Gasteiger partial charge in [0.2, 0.25) is 10.0 Å². The van der Waals surface area contributed by atoms with Crippen LogP contribution in [0.15, 0.2) is 0 Å². The van der Waals surface area contributed by atoms with Crippen LogP contribution in [0.2, 0.25) is 0 Å². The van der Waals surface area contributed by atoms with Crippen molar-refractivity contribution in [2.45, 2.75) is 77.2 Å². The van der Waals surface area contributed by atoms with Gasteiger partial charge in [-0.25, -0.2) is 8.42 Å². The van der Waals surface area contributed by atoms with E-state index in [-0.39, 0.29) is 16.7 Å². The minimum atomic E-state index is -3.16. The first-order chi connectivity index (χ1) is 16.9. The summed E-state index contributed by atoms with van der Waals surface area (Å²) in [6, 6.07) is 0. The van der Waals surface area contributed by atoms with Crippen LogP contribution in [-0.2, 0) is 19.6 Å². The van der Waals surface area contributed by atoms with Gasteiger partial charge in [0, 0.05) is 39.2 Å². The van der Waals surface area contributed by atoms with Crippen LogP contribution < -0.4 is 0 Å². The molecule has 1 saturated heterocycles. The number of piperazine rings is 1. The molecule has 0 spiro atoms. The van der Waals surface area contributed by atoms with E-state index < -0.39 is 15.6 Å². The number of ketones is 1. The van der Waals surface area contributed by atoms with E-state index in [0.29, 0.717) is 62.2 Å². The maximum atomic E-state index is 13.7. The molecule has 206 valence electrons. The van der Waals surface area contributed by atoms with Gasteiger partial charge in [-0.05, 0) is 99.2 Å². The molecule has 0 bridgehead atoms. The molecular weight excluding hydrogens is 476 g/mol. The molecule has 0 amide bonds. The van der Waals surface area contributed by atoms with Gasteiger partial charge in [-0.1, -0.05) is 6.92 Å². The smallest absolute Gasteiger partial charge is 0.211 e. The lowest BCUT2D eigenvalue weighted by atomic mass is 9.43. The molecule has 1 heterocycles. The molecule has 4 aliphatic carbocycles. The fraction of sp³-hybridized carbons (Fsp3) is 0.964. The Morgan fingerprint density at radius 2 is 1.69 bits per heavy atom. The van der Waals surface area contributed by atoms with Crippen LogP contribution in [0.25, 0.3) is 0 Å². The van der Waals surface area contributed by atoms with E-state index in [1.807, 2.05) is 14.0 Å². The van der Waals surface area contributed by atoms with Crippen molar-refractivity contribution in [3.8, 4) is 0 Å². The third-order valence-electron chi connectivity index (χ3n) is 11.6. The average Bonchev–Trinajstić information content (AvgIpc) is 3.16. The number of ether oxygens (including phenoxy) is 1. The van der Waals surface area contributed by atoms with Crippen molar-refractivity contribution in [3.05, 3.63) is 0 Å². The molecule has 36 heavy (non-hydrogen) atoms. The second-order valence-electron chi connectivity index (χ2n) is 13.6. The third kappa shape index (κ3) is 4.61. The van der Waals surface area contributed by atoms with Crippen LogP contribution in [0, 0.1) is 40.4 Å². The number of aliphatic hydroxyl groups is 1. The van der Waals surface area contributed by atoms with Crippen LogP contribution >= 0.6 is 0 Å². The Bertz CT molecular complexity index is 946. The first-order valence-corrected chi connectivity index (χ1v) is 16.2. The van der Waals surface area contributed by atoms with Crippen LogP contribution in [0.4, 0.5) is 0 Å². The number of nitrogens with zero attached hydrogens (tertiary/aromatic N) is 2. The van der Waals surface area contributed by atoms with E-state index in [4.69, 9.17) is 4.74 Å². The zero-order valence-corrected chi connectivity index (χ0v) is 23.7. The molecule has 0 aromatic carbocycles. The first kappa shape index (κ1) is 27.0. The quantitative estimate of drug-likeness (QED) is 0.574. The fourth-order valence-corrected chi connectivity index (χ4v) is 10.7. The number of Topliss-reactive ketones (excluding diaryl/α,β-unsaturated/α-hetero) is 1. The molecule has 1 N–H and O–H groups in total. The summed E-state index contributed by atoms with van der Waals surface area (Å²) in [7, 11) is -1.31. The second-order valence-corrected chi connectivity index (χ2v) is 15.6. The highest BCUT2D eigenvalue weighted by molar-refractivity contribution is 7.88. The monoisotopic (exact) mass is 524 g/mol. The summed E-state index contributed by atoms with van der Waals surface area (Å²) in [4.78, 5) is 15.8. The largest absolute Gasteiger partial charge is 0.390 e. The molecule has 8 atom stereocenters. The second kappa shape index (κ2) is 9.58. The summed E-state index contributed by atoms with van der Waals surface area (Å²) in [5, 5.41) is 10.9. The Morgan fingerprint density at radius 3 is 2.36 bits per heavy atom. The SMILES string of the molecule is COC[C@]12CC[C@@](C)(O)C[C@@H]1CC[C@H]1[C@@H]3CC[C@H](C(=O)CN4CCN(S(C)(=O)=O)CC4)[C@@]3(C)CC[C@@H]12. The summed E-state index contributed by atoms with van der Waals surface area (Å²) >= 11 is 0. The van der Waals surface area contributed by atoms with E-state index >= 15 is 0 Å². The normalized spacial score (nSPS) is 46.1. The van der Waals surface area contributed by atoms with Crippen molar-refractivity contribution in [3.63, 3.8) is 0 Å². The molecule has 5 fully saturated rings. The average molecular weight is 525 g/mol. The van der Waals surface area contributed by atoms with Gasteiger partial charge in [0.05, 0.1) is 25.0 Å². The lowest BCUT2D eigenvalue weighted by molar-refractivity contribution is -0.175. The molecule has 7 nitrogen and oxygen atoms in total. The van der Waals surface area contributed by atoms with Crippen LogP contribution in [0.3, 0.4) is 0 Å². The number of rotatable bonds is 6. The highest BCUT2D eigenvalue weighted by Gasteiger charge is 2.63. The number of hydrogen-bond acceptors (Lipinski definition) is 6. The Hall–Kier alpha value is -0.540. The van der Waals surface area contributed by atoms with E-state index in [1.165, 1.54) is 29.8 Å². The van der Waals surface area contributed by atoms with Gasteiger partial charge < -0.3 is 9.84 Å². The predicted octanol–water partition coefficient (Wildman–Crippen LogP) is 3.17. The molecule has 5 rings (SSSR count). The van der Waals surface area contributed by atoms with Crippen LogP contribution in [0.1, 0.15) is 71.6 Å². The Balaban J connectivity index is 1.28. The molecule has 0 unspecified atom stereocenters. The number of sulfonamides is 1. The summed E-state index contributed by atoms with van der Waals surface area (Å²) in [6.45, 7) is 7.94. The van der Waals surface area contributed by atoms with Crippen molar-refractivity contribution < 1.29 is 23.1 Å². The lowest BCUT2D eigenvalue weighted by Gasteiger charge is -2.62. The zero-order chi connectivity index (χ0) is 25.9. The van der Waals surface area contributed by atoms with Crippen LogP contribution in [0.5, 0.6) is 0 Å². The first-order valence-electron chi connectivity index (χ1n) is 14.3. The van der Waals surface area contributed by atoms with Crippen molar-refractivity contribution in [1.82, 2.24) is 9.21 Å². The number of hydrogen-bond donors (Lipinski definition) is 1. The van der Waals surface area contributed by atoms with Gasteiger partial charge >= 0.3 is 0 Å². The van der Waals surface area contributed by atoms with Gasteiger partial charge in [0.25, 0.3) is 0 Å². The minimum absolute atomic E-state index is 0.0775. The molecule has 0 radical (unpaired) electrons. The third-order valence-corrected chi connectivity index (χ3v) is 12.9. The molecule has 5 aliphatic rings. The maximum absolute atomic E-state index is 13.7. The highest BCUT2D eigenvalue weighted by Crippen LogP contribution is 2.68. The Labute approximate surface area is 218 Å². The van der Waals surface area contributed by atoms with Gasteiger partial charge in [-0.2, -0.15) is 4.31 Å². The summed E-state index contributed by atoms with van der Waals surface area (Å²) in [6.07, 6.45) is 10.9. The summed E-state index contributed by atoms with van der Waals surface area (Å²) < 4.78 is 31.1. The van der Waals surface area contributed by atoms with Gasteiger partial charge in [-0.3, -0.25) is 9.69 Å². The number of fused-ring (bicyclic) bond motifs is 5. The molecule has 0 aromatic rings. The summed E-state index contributed by atoms with van der Waals surface area (Å²) in [5.74, 6) is 2.94. The lowest BCUT2D eigenvalue weighted by Crippen LogP contribution is -2.58.